The molecule has 0 saturated carbocycles. The number of sulfonamides is 1. The van der Waals surface area contributed by atoms with Gasteiger partial charge in [0, 0.05) is 26.2 Å². The predicted molar refractivity (Wildman–Crippen MR) is 120 cm³/mol. The van der Waals surface area contributed by atoms with Crippen molar-refractivity contribution >= 4 is 21.9 Å². The Balaban J connectivity index is 1.76. The molecule has 0 aromatic heterocycles. The van der Waals surface area contributed by atoms with Crippen LogP contribution < -0.4 is 4.74 Å². The highest BCUT2D eigenvalue weighted by Gasteiger charge is 2.31. The summed E-state index contributed by atoms with van der Waals surface area (Å²) in [7, 11) is -2.43. The molecule has 0 spiro atoms. The van der Waals surface area contributed by atoms with Crippen LogP contribution in [0.1, 0.15) is 62.7 Å². The quantitative estimate of drug-likeness (QED) is 0.598. The molecule has 1 aromatic carbocycles. The number of benzene rings is 1. The number of amides is 1. The van der Waals surface area contributed by atoms with Gasteiger partial charge in [0.1, 0.15) is 10.6 Å². The van der Waals surface area contributed by atoms with Crippen LogP contribution in [-0.2, 0) is 19.6 Å². The van der Waals surface area contributed by atoms with Crippen LogP contribution >= 0.6 is 0 Å². The number of likely N-dealkylation sites (tertiary alicyclic amines) is 1. The zero-order valence-corrected chi connectivity index (χ0v) is 20.0. The minimum atomic E-state index is -3.83. The van der Waals surface area contributed by atoms with Gasteiger partial charge in [-0.2, -0.15) is 4.31 Å². The number of methoxy groups -OCH3 is 1. The second-order valence-electron chi connectivity index (χ2n) is 8.74. The van der Waals surface area contributed by atoms with Crippen molar-refractivity contribution in [2.24, 2.45) is 5.92 Å². The van der Waals surface area contributed by atoms with Crippen molar-refractivity contribution in [3.8, 4) is 5.75 Å². The molecule has 9 heteroatoms. The molecule has 32 heavy (non-hydrogen) atoms. The van der Waals surface area contributed by atoms with Crippen LogP contribution in [0.25, 0.3) is 0 Å². The van der Waals surface area contributed by atoms with Gasteiger partial charge in [0.15, 0.2) is 6.10 Å². The maximum absolute atomic E-state index is 13.3. The summed E-state index contributed by atoms with van der Waals surface area (Å²) in [5, 5.41) is 0. The number of hydrogen-bond donors (Lipinski definition) is 0. The molecule has 0 N–H and O–H groups in total. The number of hydrogen-bond acceptors (Lipinski definition) is 6. The van der Waals surface area contributed by atoms with E-state index in [0.29, 0.717) is 32.1 Å². The Morgan fingerprint density at radius 1 is 1.03 bits per heavy atom. The first kappa shape index (κ1) is 24.5. The zero-order valence-electron chi connectivity index (χ0n) is 19.2. The maximum atomic E-state index is 13.3. The number of ether oxygens (including phenoxy) is 2. The highest BCUT2D eigenvalue weighted by atomic mass is 32.2. The van der Waals surface area contributed by atoms with Gasteiger partial charge >= 0.3 is 5.97 Å². The van der Waals surface area contributed by atoms with E-state index < -0.39 is 22.1 Å². The van der Waals surface area contributed by atoms with Crippen molar-refractivity contribution in [2.45, 2.75) is 63.4 Å². The lowest BCUT2D eigenvalue weighted by Crippen LogP contribution is -2.44. The lowest BCUT2D eigenvalue weighted by Gasteiger charge is -2.31. The molecule has 0 radical (unpaired) electrons. The fraction of sp³-hybridized carbons (Fsp3) is 0.652. The Hall–Kier alpha value is -2.13. The van der Waals surface area contributed by atoms with E-state index in [2.05, 4.69) is 6.92 Å². The Labute approximate surface area is 190 Å². The van der Waals surface area contributed by atoms with E-state index in [9.17, 15) is 18.0 Å². The van der Waals surface area contributed by atoms with Crippen molar-refractivity contribution in [2.75, 3.05) is 33.3 Å². The molecule has 2 fully saturated rings. The van der Waals surface area contributed by atoms with Gasteiger partial charge in [-0.25, -0.2) is 13.2 Å². The van der Waals surface area contributed by atoms with Crippen LogP contribution in [0, 0.1) is 5.92 Å². The van der Waals surface area contributed by atoms with Crippen LogP contribution in [0.2, 0.25) is 0 Å². The minimum absolute atomic E-state index is 0.0552. The molecular weight excluding hydrogens is 432 g/mol. The van der Waals surface area contributed by atoms with Gasteiger partial charge in [-0.15, -0.1) is 0 Å². The van der Waals surface area contributed by atoms with Crippen LogP contribution in [0.15, 0.2) is 23.1 Å². The van der Waals surface area contributed by atoms with E-state index in [4.69, 9.17) is 9.47 Å². The molecule has 0 bridgehead atoms. The third kappa shape index (κ3) is 5.61. The molecule has 1 amide bonds. The predicted octanol–water partition coefficient (Wildman–Crippen LogP) is 3.06. The summed E-state index contributed by atoms with van der Waals surface area (Å²) in [6.45, 7) is 5.91. The third-order valence-electron chi connectivity index (χ3n) is 6.31. The van der Waals surface area contributed by atoms with Crippen LogP contribution in [0.4, 0.5) is 0 Å². The molecule has 0 aliphatic carbocycles. The SMILES string of the molecule is COc1ccc(C(=O)O[C@@H](C)C(=O)N2CCC(C)CC2)cc1S(=O)(=O)N1CCCCCC1. The first-order valence-electron chi connectivity index (χ1n) is 11.4. The molecular formula is C23H34N2O6S. The van der Waals surface area contributed by atoms with E-state index >= 15 is 0 Å². The standard InChI is InChI=1S/C23H34N2O6S/c1-17-10-14-24(15-11-17)22(26)18(2)31-23(27)19-8-9-20(30-3)21(16-19)32(28,29)25-12-6-4-5-7-13-25/h8-9,16-18H,4-7,10-15H2,1-3H3/t18-/m0/s1. The van der Waals surface area contributed by atoms with Gasteiger partial charge in [-0.3, -0.25) is 4.79 Å². The normalized spacial score (nSPS) is 19.8. The van der Waals surface area contributed by atoms with Crippen molar-refractivity contribution < 1.29 is 27.5 Å². The van der Waals surface area contributed by atoms with E-state index in [-0.39, 0.29) is 22.1 Å². The molecule has 178 valence electrons. The Kier molecular flexibility index (Phi) is 8.16. The first-order valence-corrected chi connectivity index (χ1v) is 12.9. The molecule has 0 unspecified atom stereocenters. The average Bonchev–Trinajstić information content (AvgIpc) is 3.09. The molecule has 2 heterocycles. The largest absolute Gasteiger partial charge is 0.495 e. The molecule has 3 rings (SSSR count). The maximum Gasteiger partial charge on any atom is 0.338 e. The highest BCUT2D eigenvalue weighted by Crippen LogP contribution is 2.30. The van der Waals surface area contributed by atoms with Gasteiger partial charge < -0.3 is 14.4 Å². The summed E-state index contributed by atoms with van der Waals surface area (Å²) >= 11 is 0. The lowest BCUT2D eigenvalue weighted by atomic mass is 9.99. The average molecular weight is 467 g/mol. The van der Waals surface area contributed by atoms with Crippen LogP contribution in [0.5, 0.6) is 5.75 Å². The number of esters is 1. The zero-order chi connectivity index (χ0) is 23.3. The summed E-state index contributed by atoms with van der Waals surface area (Å²) in [5.41, 5.74) is 0.0751. The topological polar surface area (TPSA) is 93.2 Å². The van der Waals surface area contributed by atoms with Crippen molar-refractivity contribution in [1.29, 1.82) is 0 Å². The number of carbonyl (C=O) groups excluding carboxylic acids is 2. The van der Waals surface area contributed by atoms with Crippen LogP contribution in [0.3, 0.4) is 0 Å². The monoisotopic (exact) mass is 466 g/mol. The smallest absolute Gasteiger partial charge is 0.338 e. The van der Waals surface area contributed by atoms with Crippen molar-refractivity contribution in [3.63, 3.8) is 0 Å². The van der Waals surface area contributed by atoms with Crippen LogP contribution in [-0.4, -0.2) is 68.9 Å². The molecule has 2 aliphatic rings. The molecule has 8 nitrogen and oxygen atoms in total. The minimum Gasteiger partial charge on any atom is -0.495 e. The molecule has 1 aromatic rings. The van der Waals surface area contributed by atoms with E-state index in [1.54, 1.807) is 11.8 Å². The highest BCUT2D eigenvalue weighted by molar-refractivity contribution is 7.89. The summed E-state index contributed by atoms with van der Waals surface area (Å²) in [4.78, 5) is 27.1. The van der Waals surface area contributed by atoms with Gasteiger partial charge in [0.2, 0.25) is 10.0 Å². The van der Waals surface area contributed by atoms with E-state index in [0.717, 1.165) is 38.5 Å². The first-order chi connectivity index (χ1) is 15.2. The number of rotatable bonds is 6. The Morgan fingerprint density at radius 2 is 1.66 bits per heavy atom. The summed E-state index contributed by atoms with van der Waals surface area (Å²) in [6, 6.07) is 4.21. The molecule has 1 atom stereocenters. The summed E-state index contributed by atoms with van der Waals surface area (Å²) in [5.74, 6) is -0.194. The Bertz CT molecular complexity index is 916. The second-order valence-corrected chi connectivity index (χ2v) is 10.6. The summed E-state index contributed by atoms with van der Waals surface area (Å²) < 4.78 is 38.7. The van der Waals surface area contributed by atoms with Crippen molar-refractivity contribution in [1.82, 2.24) is 9.21 Å². The van der Waals surface area contributed by atoms with Crippen molar-refractivity contribution in [3.05, 3.63) is 23.8 Å². The number of piperidine rings is 1. The summed E-state index contributed by atoms with van der Waals surface area (Å²) in [6.07, 6.45) is 4.53. The van der Waals surface area contributed by atoms with Gasteiger partial charge in [-0.05, 0) is 56.7 Å². The lowest BCUT2D eigenvalue weighted by molar-refractivity contribution is -0.141. The van der Waals surface area contributed by atoms with Gasteiger partial charge in [0.05, 0.1) is 12.7 Å². The van der Waals surface area contributed by atoms with E-state index in [1.807, 2.05) is 0 Å². The fourth-order valence-corrected chi connectivity index (χ4v) is 5.89. The van der Waals surface area contributed by atoms with Gasteiger partial charge in [-0.1, -0.05) is 19.8 Å². The second kappa shape index (κ2) is 10.7. The third-order valence-corrected chi connectivity index (χ3v) is 8.23. The van der Waals surface area contributed by atoms with Gasteiger partial charge in [0.25, 0.3) is 5.91 Å². The number of nitrogens with zero attached hydrogens (tertiary/aromatic N) is 2. The van der Waals surface area contributed by atoms with E-state index in [1.165, 1.54) is 29.6 Å². The number of carbonyl (C=O) groups is 2. The fourth-order valence-electron chi connectivity index (χ4n) is 4.19. The molecule has 2 aliphatic heterocycles. The Morgan fingerprint density at radius 3 is 2.25 bits per heavy atom. The molecule has 2 saturated heterocycles.